The van der Waals surface area contributed by atoms with Crippen molar-refractivity contribution in [3.05, 3.63) is 59.1 Å². The van der Waals surface area contributed by atoms with Crippen LogP contribution in [-0.2, 0) is 16.1 Å². The topological polar surface area (TPSA) is 64.5 Å². The molecule has 0 bridgehead atoms. The van der Waals surface area contributed by atoms with E-state index in [4.69, 9.17) is 9.47 Å². The summed E-state index contributed by atoms with van der Waals surface area (Å²) in [4.78, 5) is 13.3. The summed E-state index contributed by atoms with van der Waals surface area (Å²) in [5.41, 5.74) is 3.41. The zero-order valence-electron chi connectivity index (χ0n) is 17.2. The minimum absolute atomic E-state index is 0.171. The van der Waals surface area contributed by atoms with E-state index in [-0.39, 0.29) is 18.7 Å². The molecule has 1 aromatic heterocycles. The fourth-order valence-electron chi connectivity index (χ4n) is 3.51. The predicted molar refractivity (Wildman–Crippen MR) is 118 cm³/mol. The molecule has 0 unspecified atom stereocenters. The Kier molecular flexibility index (Phi) is 6.28. The lowest BCUT2D eigenvalue weighted by atomic mass is 10.1. The number of para-hydroxylation sites is 1. The lowest BCUT2D eigenvalue weighted by Crippen LogP contribution is -2.38. The molecule has 156 valence electrons. The average Bonchev–Trinajstić information content (AvgIpc) is 3.24. The van der Waals surface area contributed by atoms with E-state index in [2.05, 4.69) is 52.4 Å². The van der Waals surface area contributed by atoms with Gasteiger partial charge < -0.3 is 14.4 Å². The Hall–Kier alpha value is -2.93. The van der Waals surface area contributed by atoms with E-state index >= 15 is 0 Å². The van der Waals surface area contributed by atoms with Gasteiger partial charge in [-0.1, -0.05) is 29.5 Å². The molecular weight excluding hydrogens is 398 g/mol. The number of benzene rings is 2. The molecule has 1 aliphatic rings. The number of ether oxygens (including phenoxy) is 2. The van der Waals surface area contributed by atoms with Crippen LogP contribution in [0.1, 0.15) is 30.3 Å². The second kappa shape index (κ2) is 9.26. The molecule has 0 radical (unpaired) electrons. The van der Waals surface area contributed by atoms with E-state index in [0.29, 0.717) is 5.01 Å². The molecule has 1 fully saturated rings. The molecule has 1 saturated heterocycles. The molecule has 0 atom stereocenters. The first-order valence-corrected chi connectivity index (χ1v) is 10.9. The summed E-state index contributed by atoms with van der Waals surface area (Å²) in [6, 6.07) is 16.6. The molecule has 1 aliphatic heterocycles. The van der Waals surface area contributed by atoms with Gasteiger partial charge in [0.15, 0.2) is 5.01 Å². The van der Waals surface area contributed by atoms with Gasteiger partial charge in [-0.25, -0.2) is 0 Å². The monoisotopic (exact) mass is 423 g/mol. The first-order valence-electron chi connectivity index (χ1n) is 10.1. The molecule has 2 heterocycles. The maximum absolute atomic E-state index is 10.9. The number of hydrogen-bond donors (Lipinski definition) is 0. The Bertz CT molecular complexity index is 995. The minimum atomic E-state index is -0.316. The number of esters is 1. The van der Waals surface area contributed by atoms with E-state index in [1.807, 2.05) is 18.2 Å². The van der Waals surface area contributed by atoms with Crippen LogP contribution in [0, 0.1) is 6.92 Å². The third-order valence-electron chi connectivity index (χ3n) is 5.17. The van der Waals surface area contributed by atoms with Gasteiger partial charge in [0, 0.05) is 44.1 Å². The number of carbonyl (C=O) groups is 1. The molecule has 0 N–H and O–H groups in total. The molecular formula is C23H25N3O3S. The number of carbonyl (C=O) groups excluding carboxylic acids is 1. The molecule has 0 saturated carbocycles. The number of piperidine rings is 1. The fourth-order valence-corrected chi connectivity index (χ4v) is 4.27. The van der Waals surface area contributed by atoms with Crippen LogP contribution in [-0.4, -0.2) is 35.4 Å². The molecule has 3 aromatic rings. The van der Waals surface area contributed by atoms with Crippen molar-refractivity contribution in [2.45, 2.75) is 39.4 Å². The Morgan fingerprint density at radius 1 is 1.10 bits per heavy atom. The number of nitrogens with zero attached hydrogens (tertiary/aromatic N) is 3. The maximum Gasteiger partial charge on any atom is 0.303 e. The number of aryl methyl sites for hydroxylation is 1. The van der Waals surface area contributed by atoms with Crippen LogP contribution in [0.4, 0.5) is 5.69 Å². The predicted octanol–water partition coefficient (Wildman–Crippen LogP) is 4.62. The van der Waals surface area contributed by atoms with Crippen molar-refractivity contribution >= 4 is 23.0 Å². The van der Waals surface area contributed by atoms with E-state index in [1.165, 1.54) is 29.5 Å². The van der Waals surface area contributed by atoms with Crippen LogP contribution >= 0.6 is 11.3 Å². The van der Waals surface area contributed by atoms with E-state index in [1.54, 1.807) is 0 Å². The van der Waals surface area contributed by atoms with Crippen molar-refractivity contribution in [1.82, 2.24) is 10.2 Å². The first-order chi connectivity index (χ1) is 14.6. The van der Waals surface area contributed by atoms with Crippen LogP contribution in [0.2, 0.25) is 0 Å². The van der Waals surface area contributed by atoms with E-state index in [9.17, 15) is 4.79 Å². The van der Waals surface area contributed by atoms with Gasteiger partial charge in [-0.2, -0.15) is 0 Å². The largest absolute Gasteiger partial charge is 0.490 e. The number of hydrogen-bond acceptors (Lipinski definition) is 7. The number of aromatic nitrogens is 2. The molecule has 30 heavy (non-hydrogen) atoms. The van der Waals surface area contributed by atoms with Gasteiger partial charge in [0.25, 0.3) is 0 Å². The molecule has 0 spiro atoms. The summed E-state index contributed by atoms with van der Waals surface area (Å²) in [6.45, 7) is 5.59. The van der Waals surface area contributed by atoms with Gasteiger partial charge in [-0.15, -0.1) is 10.2 Å². The van der Waals surface area contributed by atoms with Gasteiger partial charge in [-0.05, 0) is 42.8 Å². The zero-order chi connectivity index (χ0) is 20.9. The van der Waals surface area contributed by atoms with Gasteiger partial charge in [0.1, 0.15) is 23.5 Å². The summed E-state index contributed by atoms with van der Waals surface area (Å²) in [7, 11) is 0. The Morgan fingerprint density at radius 2 is 1.83 bits per heavy atom. The van der Waals surface area contributed by atoms with Gasteiger partial charge in [0.2, 0.25) is 0 Å². The molecule has 4 rings (SSSR count). The highest BCUT2D eigenvalue weighted by Crippen LogP contribution is 2.29. The van der Waals surface area contributed by atoms with Gasteiger partial charge >= 0.3 is 5.97 Å². The van der Waals surface area contributed by atoms with E-state index < -0.39 is 0 Å². The van der Waals surface area contributed by atoms with Crippen LogP contribution < -0.4 is 9.64 Å². The van der Waals surface area contributed by atoms with Crippen LogP contribution in [0.3, 0.4) is 0 Å². The first kappa shape index (κ1) is 20.3. The van der Waals surface area contributed by atoms with Crippen LogP contribution in [0.15, 0.2) is 48.5 Å². The van der Waals surface area contributed by atoms with Crippen LogP contribution in [0.5, 0.6) is 5.75 Å². The Balaban J connectivity index is 1.33. The van der Waals surface area contributed by atoms with Crippen molar-refractivity contribution in [2.75, 3.05) is 18.0 Å². The van der Waals surface area contributed by atoms with Crippen molar-refractivity contribution in [1.29, 1.82) is 0 Å². The molecule has 0 aliphatic carbocycles. The highest BCUT2D eigenvalue weighted by Gasteiger charge is 2.21. The van der Waals surface area contributed by atoms with Crippen molar-refractivity contribution < 1.29 is 14.3 Å². The standard InChI is InChI=1S/C23H25N3O3S/c1-16-5-3-4-6-21(16)29-20-11-13-26(14-12-20)19-9-7-18(8-10-19)23-25-24-22(30-23)15-28-17(2)27/h3-10,20H,11-15H2,1-2H3. The van der Waals surface area contributed by atoms with Crippen molar-refractivity contribution in [3.8, 4) is 16.3 Å². The molecule has 0 amide bonds. The number of anilines is 1. The quantitative estimate of drug-likeness (QED) is 0.539. The molecule has 7 heteroatoms. The number of rotatable bonds is 6. The summed E-state index contributed by atoms with van der Waals surface area (Å²) < 4.78 is 11.2. The zero-order valence-corrected chi connectivity index (χ0v) is 18.0. The van der Waals surface area contributed by atoms with Crippen molar-refractivity contribution in [2.24, 2.45) is 0 Å². The average molecular weight is 424 g/mol. The summed E-state index contributed by atoms with van der Waals surface area (Å²) in [5, 5.41) is 9.83. The molecule has 2 aromatic carbocycles. The normalized spacial score (nSPS) is 14.5. The van der Waals surface area contributed by atoms with Gasteiger partial charge in [0.05, 0.1) is 0 Å². The molecule has 6 nitrogen and oxygen atoms in total. The maximum atomic E-state index is 10.9. The summed E-state index contributed by atoms with van der Waals surface area (Å²) in [6.07, 6.45) is 2.27. The Labute approximate surface area is 180 Å². The second-order valence-electron chi connectivity index (χ2n) is 7.40. The van der Waals surface area contributed by atoms with Crippen LogP contribution in [0.25, 0.3) is 10.6 Å². The summed E-state index contributed by atoms with van der Waals surface area (Å²) in [5.74, 6) is 0.676. The van der Waals surface area contributed by atoms with E-state index in [0.717, 1.165) is 42.3 Å². The smallest absolute Gasteiger partial charge is 0.303 e. The second-order valence-corrected chi connectivity index (χ2v) is 8.46. The SMILES string of the molecule is CC(=O)OCc1nnc(-c2ccc(N3CCC(Oc4ccccc4C)CC3)cc2)s1. The lowest BCUT2D eigenvalue weighted by molar-refractivity contribution is -0.142. The fraction of sp³-hybridized carbons (Fsp3) is 0.348. The Morgan fingerprint density at radius 3 is 2.53 bits per heavy atom. The third-order valence-corrected chi connectivity index (χ3v) is 6.12. The third kappa shape index (κ3) is 4.97. The van der Waals surface area contributed by atoms with Gasteiger partial charge in [-0.3, -0.25) is 4.79 Å². The highest BCUT2D eigenvalue weighted by molar-refractivity contribution is 7.14. The summed E-state index contributed by atoms with van der Waals surface area (Å²) >= 11 is 1.44. The van der Waals surface area contributed by atoms with Crippen molar-refractivity contribution in [3.63, 3.8) is 0 Å². The lowest BCUT2D eigenvalue weighted by Gasteiger charge is -2.34. The minimum Gasteiger partial charge on any atom is -0.490 e. The highest BCUT2D eigenvalue weighted by atomic mass is 32.1.